The summed E-state index contributed by atoms with van der Waals surface area (Å²) in [6.07, 6.45) is 3.51. The number of carboxylic acids is 1. The van der Waals surface area contributed by atoms with Crippen LogP contribution in [0.4, 0.5) is 0 Å². The van der Waals surface area contributed by atoms with E-state index in [1.54, 1.807) is 0 Å². The Kier molecular flexibility index (Phi) is 2.07. The molecule has 0 spiro atoms. The third-order valence-electron chi connectivity index (χ3n) is 3.58. The van der Waals surface area contributed by atoms with Crippen molar-refractivity contribution in [1.82, 2.24) is 0 Å². The number of hydrogen-bond donors (Lipinski definition) is 2. The zero-order valence-corrected chi connectivity index (χ0v) is 7.83. The number of aliphatic carboxylic acids is 1. The Labute approximate surface area is 77.8 Å². The Morgan fingerprint density at radius 2 is 2.08 bits per heavy atom. The maximum absolute atomic E-state index is 10.9. The molecule has 0 aromatic rings. The summed E-state index contributed by atoms with van der Waals surface area (Å²) in [5, 5.41) is 9.00. The first-order chi connectivity index (χ1) is 5.74. The zero-order chi connectivity index (χ0) is 8.72. The first-order valence-corrected chi connectivity index (χ1v) is 5.21. The number of carboxylic acid groups (broad SMARTS) is 1. The summed E-state index contributed by atoms with van der Waals surface area (Å²) < 4.78 is 0. The molecule has 4 atom stereocenters. The molecule has 2 fully saturated rings. The Hall–Kier alpha value is -0.180. The zero-order valence-electron chi connectivity index (χ0n) is 6.94. The number of carbonyl (C=O) groups is 1. The quantitative estimate of drug-likeness (QED) is 0.644. The smallest absolute Gasteiger partial charge is 0.307 e. The minimum atomic E-state index is -0.596. The summed E-state index contributed by atoms with van der Waals surface area (Å²) in [7, 11) is 0. The van der Waals surface area contributed by atoms with Gasteiger partial charge in [-0.1, -0.05) is 0 Å². The average molecular weight is 186 g/mol. The fourth-order valence-corrected chi connectivity index (χ4v) is 3.58. The van der Waals surface area contributed by atoms with Crippen molar-refractivity contribution in [3.63, 3.8) is 0 Å². The third-order valence-corrected chi connectivity index (χ3v) is 4.01. The molecule has 2 bridgehead atoms. The highest BCUT2D eigenvalue weighted by atomic mass is 32.1. The van der Waals surface area contributed by atoms with E-state index < -0.39 is 5.97 Å². The second-order valence-electron chi connectivity index (χ2n) is 4.04. The maximum Gasteiger partial charge on any atom is 0.307 e. The molecule has 0 radical (unpaired) electrons. The van der Waals surface area contributed by atoms with E-state index in [1.807, 2.05) is 0 Å². The van der Waals surface area contributed by atoms with Gasteiger partial charge in [-0.05, 0) is 42.8 Å². The summed E-state index contributed by atoms with van der Waals surface area (Å²) in [6, 6.07) is 0. The van der Waals surface area contributed by atoms with E-state index in [-0.39, 0.29) is 5.92 Å². The highest BCUT2D eigenvalue weighted by Gasteiger charge is 2.50. The van der Waals surface area contributed by atoms with Crippen LogP contribution in [-0.4, -0.2) is 16.8 Å². The molecule has 2 aliphatic rings. The molecule has 0 aromatic carbocycles. The maximum atomic E-state index is 10.9. The molecular weight excluding hydrogens is 172 g/mol. The Bertz CT molecular complexity index is 205. The predicted octanol–water partition coefficient (Wildman–Crippen LogP) is 1.66. The molecule has 2 nitrogen and oxygen atoms in total. The third kappa shape index (κ3) is 1.06. The SMILES string of the molecule is O=C(O)C1C2CCC(C2)C1CS. The van der Waals surface area contributed by atoms with Gasteiger partial charge in [-0.3, -0.25) is 4.79 Å². The number of rotatable bonds is 2. The lowest BCUT2D eigenvalue weighted by atomic mass is 9.80. The van der Waals surface area contributed by atoms with E-state index in [0.29, 0.717) is 17.8 Å². The molecule has 0 saturated heterocycles. The van der Waals surface area contributed by atoms with Crippen LogP contribution in [0, 0.1) is 23.7 Å². The molecule has 0 aliphatic heterocycles. The second-order valence-corrected chi connectivity index (χ2v) is 4.41. The highest BCUT2D eigenvalue weighted by molar-refractivity contribution is 7.80. The van der Waals surface area contributed by atoms with Crippen LogP contribution < -0.4 is 0 Å². The van der Waals surface area contributed by atoms with Gasteiger partial charge in [0, 0.05) is 0 Å². The molecule has 0 heterocycles. The predicted molar refractivity (Wildman–Crippen MR) is 49.3 cm³/mol. The molecular formula is C9H14O2S. The molecule has 2 rings (SSSR count). The Morgan fingerprint density at radius 1 is 1.42 bits per heavy atom. The van der Waals surface area contributed by atoms with Gasteiger partial charge in [0.25, 0.3) is 0 Å². The fraction of sp³-hybridized carbons (Fsp3) is 0.889. The van der Waals surface area contributed by atoms with Gasteiger partial charge in [0.05, 0.1) is 5.92 Å². The molecule has 1 N–H and O–H groups in total. The molecule has 4 unspecified atom stereocenters. The van der Waals surface area contributed by atoms with Crippen LogP contribution in [0.3, 0.4) is 0 Å². The molecule has 68 valence electrons. The Morgan fingerprint density at radius 3 is 2.58 bits per heavy atom. The van der Waals surface area contributed by atoms with Gasteiger partial charge < -0.3 is 5.11 Å². The van der Waals surface area contributed by atoms with Gasteiger partial charge in [0.1, 0.15) is 0 Å². The lowest BCUT2D eigenvalue weighted by Crippen LogP contribution is -2.30. The van der Waals surface area contributed by atoms with Crippen LogP contribution in [0.2, 0.25) is 0 Å². The van der Waals surface area contributed by atoms with Crippen LogP contribution in [0.1, 0.15) is 19.3 Å². The van der Waals surface area contributed by atoms with Crippen molar-refractivity contribution in [2.24, 2.45) is 23.7 Å². The van der Waals surface area contributed by atoms with Gasteiger partial charge in [-0.2, -0.15) is 12.6 Å². The first kappa shape index (κ1) is 8.42. The molecule has 2 saturated carbocycles. The summed E-state index contributed by atoms with van der Waals surface area (Å²) in [4.78, 5) is 10.9. The minimum absolute atomic E-state index is 0.0822. The second kappa shape index (κ2) is 2.95. The van der Waals surface area contributed by atoms with E-state index in [9.17, 15) is 4.79 Å². The van der Waals surface area contributed by atoms with Gasteiger partial charge in [-0.15, -0.1) is 0 Å². The molecule has 0 amide bonds. The van der Waals surface area contributed by atoms with Gasteiger partial charge in [0.2, 0.25) is 0 Å². The number of thiol groups is 1. The number of hydrogen-bond acceptors (Lipinski definition) is 2. The summed E-state index contributed by atoms with van der Waals surface area (Å²) in [5.74, 6) is 1.54. The summed E-state index contributed by atoms with van der Waals surface area (Å²) in [6.45, 7) is 0. The van der Waals surface area contributed by atoms with Crippen molar-refractivity contribution in [2.45, 2.75) is 19.3 Å². The van der Waals surface area contributed by atoms with Crippen molar-refractivity contribution >= 4 is 18.6 Å². The van der Waals surface area contributed by atoms with Crippen LogP contribution in [0.25, 0.3) is 0 Å². The van der Waals surface area contributed by atoms with Gasteiger partial charge >= 0.3 is 5.97 Å². The Balaban J connectivity index is 2.16. The van der Waals surface area contributed by atoms with E-state index in [4.69, 9.17) is 5.11 Å². The standard InChI is InChI=1S/C9H14O2S/c10-9(11)8-6-2-1-5(3-6)7(8)4-12/h5-8,12H,1-4H2,(H,10,11). The van der Waals surface area contributed by atoms with Crippen LogP contribution in [0.5, 0.6) is 0 Å². The van der Waals surface area contributed by atoms with Crippen LogP contribution in [-0.2, 0) is 4.79 Å². The normalized spacial score (nSPS) is 45.1. The molecule has 0 aromatic heterocycles. The number of fused-ring (bicyclic) bond motifs is 2. The highest BCUT2D eigenvalue weighted by Crippen LogP contribution is 2.52. The van der Waals surface area contributed by atoms with E-state index in [2.05, 4.69) is 12.6 Å². The van der Waals surface area contributed by atoms with Crippen molar-refractivity contribution in [2.75, 3.05) is 5.75 Å². The van der Waals surface area contributed by atoms with Crippen molar-refractivity contribution < 1.29 is 9.90 Å². The van der Waals surface area contributed by atoms with Crippen molar-refractivity contribution in [3.05, 3.63) is 0 Å². The molecule has 3 heteroatoms. The average Bonchev–Trinajstić information content (AvgIpc) is 2.60. The lowest BCUT2D eigenvalue weighted by Gasteiger charge is -2.26. The van der Waals surface area contributed by atoms with E-state index in [1.165, 1.54) is 6.42 Å². The van der Waals surface area contributed by atoms with Crippen molar-refractivity contribution in [3.8, 4) is 0 Å². The van der Waals surface area contributed by atoms with Crippen LogP contribution >= 0.6 is 12.6 Å². The first-order valence-electron chi connectivity index (χ1n) is 4.57. The van der Waals surface area contributed by atoms with Gasteiger partial charge in [0.15, 0.2) is 0 Å². The van der Waals surface area contributed by atoms with Crippen molar-refractivity contribution in [1.29, 1.82) is 0 Å². The minimum Gasteiger partial charge on any atom is -0.481 e. The monoisotopic (exact) mass is 186 g/mol. The topological polar surface area (TPSA) is 37.3 Å². The summed E-state index contributed by atoms with van der Waals surface area (Å²) >= 11 is 4.24. The van der Waals surface area contributed by atoms with E-state index in [0.717, 1.165) is 18.6 Å². The van der Waals surface area contributed by atoms with Crippen LogP contribution in [0.15, 0.2) is 0 Å². The molecule has 2 aliphatic carbocycles. The van der Waals surface area contributed by atoms with E-state index >= 15 is 0 Å². The van der Waals surface area contributed by atoms with Gasteiger partial charge in [-0.25, -0.2) is 0 Å². The largest absolute Gasteiger partial charge is 0.481 e. The summed E-state index contributed by atoms with van der Waals surface area (Å²) in [5.41, 5.74) is 0. The molecule has 12 heavy (non-hydrogen) atoms. The lowest BCUT2D eigenvalue weighted by molar-refractivity contribution is -0.145. The fourth-order valence-electron chi connectivity index (χ4n) is 3.06.